The van der Waals surface area contributed by atoms with Crippen molar-refractivity contribution in [3.05, 3.63) is 59.0 Å². The first-order valence-corrected chi connectivity index (χ1v) is 6.28. The van der Waals surface area contributed by atoms with Crippen molar-refractivity contribution in [2.24, 2.45) is 0 Å². The monoisotopic (exact) mass is 273 g/mol. The molecule has 0 spiro atoms. The molecule has 96 valence electrons. The topological polar surface area (TPSA) is 54.0 Å². The average molecular weight is 274 g/mol. The van der Waals surface area contributed by atoms with Gasteiger partial charge in [-0.1, -0.05) is 23.7 Å². The molecule has 1 heterocycles. The number of nitriles is 1. The Kier molecular flexibility index (Phi) is 4.38. The summed E-state index contributed by atoms with van der Waals surface area (Å²) in [5, 5.41) is 9.69. The zero-order valence-corrected chi connectivity index (χ0v) is 10.9. The van der Waals surface area contributed by atoms with Crippen LogP contribution in [0.25, 0.3) is 0 Å². The predicted octanol–water partition coefficient (Wildman–Crippen LogP) is 3.74. The van der Waals surface area contributed by atoms with Gasteiger partial charge in [0.1, 0.15) is 11.7 Å². The molecule has 0 aliphatic rings. The van der Waals surface area contributed by atoms with Gasteiger partial charge in [0.15, 0.2) is 5.78 Å². The Morgan fingerprint density at radius 1 is 1.37 bits per heavy atom. The van der Waals surface area contributed by atoms with Gasteiger partial charge in [0.05, 0.1) is 12.3 Å². The van der Waals surface area contributed by atoms with Crippen molar-refractivity contribution in [2.75, 3.05) is 0 Å². The third-order valence-corrected chi connectivity index (χ3v) is 3.07. The van der Waals surface area contributed by atoms with Crippen molar-refractivity contribution in [1.29, 1.82) is 5.26 Å². The Labute approximate surface area is 116 Å². The summed E-state index contributed by atoms with van der Waals surface area (Å²) in [6.45, 7) is 0. The molecule has 0 saturated carbocycles. The molecule has 0 bridgehead atoms. The molecule has 19 heavy (non-hydrogen) atoms. The molecule has 0 amide bonds. The average Bonchev–Trinajstić information content (AvgIpc) is 2.90. The number of halogens is 1. The van der Waals surface area contributed by atoms with Gasteiger partial charge >= 0.3 is 0 Å². The van der Waals surface area contributed by atoms with Crippen LogP contribution in [0.15, 0.2) is 47.1 Å². The molecule has 0 fully saturated rings. The van der Waals surface area contributed by atoms with Crippen LogP contribution in [0.1, 0.15) is 23.7 Å². The fourth-order valence-corrected chi connectivity index (χ4v) is 2.06. The molecular weight excluding hydrogens is 262 g/mol. The summed E-state index contributed by atoms with van der Waals surface area (Å²) in [6, 6.07) is 12.5. The fraction of sp³-hybridized carbons (Fsp3) is 0.200. The van der Waals surface area contributed by atoms with Crippen LogP contribution in [0, 0.1) is 11.3 Å². The van der Waals surface area contributed by atoms with E-state index in [2.05, 4.69) is 0 Å². The molecule has 0 N–H and O–H groups in total. The van der Waals surface area contributed by atoms with Gasteiger partial charge < -0.3 is 4.42 Å². The van der Waals surface area contributed by atoms with Gasteiger partial charge in [-0.2, -0.15) is 5.26 Å². The smallest absolute Gasteiger partial charge is 0.154 e. The molecule has 2 rings (SSSR count). The molecule has 1 aromatic carbocycles. The number of hydrogen-bond acceptors (Lipinski definition) is 3. The molecule has 4 heteroatoms. The van der Waals surface area contributed by atoms with Crippen molar-refractivity contribution in [1.82, 2.24) is 0 Å². The summed E-state index contributed by atoms with van der Waals surface area (Å²) < 4.78 is 5.17. The second-order valence-electron chi connectivity index (χ2n) is 4.16. The normalized spacial score (nSPS) is 11.8. The van der Waals surface area contributed by atoms with Gasteiger partial charge in [-0.3, -0.25) is 4.79 Å². The van der Waals surface area contributed by atoms with Crippen molar-refractivity contribution >= 4 is 17.4 Å². The summed E-state index contributed by atoms with van der Waals surface area (Å²) in [5.74, 6) is -0.147. The highest BCUT2D eigenvalue weighted by Gasteiger charge is 2.20. The third-order valence-electron chi connectivity index (χ3n) is 2.83. The second kappa shape index (κ2) is 6.21. The van der Waals surface area contributed by atoms with Gasteiger partial charge in [-0.15, -0.1) is 0 Å². The second-order valence-corrected chi connectivity index (χ2v) is 4.60. The standard InChI is InChI=1S/C15H12ClNO2/c16-12-4-1-3-11(9-12)14(10-17)15(18)7-6-13-5-2-8-19-13/h1-5,8-9,14H,6-7H2. The number of benzene rings is 1. The van der Waals surface area contributed by atoms with Crippen LogP contribution in [-0.4, -0.2) is 5.78 Å². The van der Waals surface area contributed by atoms with Crippen molar-refractivity contribution in [3.63, 3.8) is 0 Å². The van der Waals surface area contributed by atoms with Crippen LogP contribution in [0.5, 0.6) is 0 Å². The van der Waals surface area contributed by atoms with Crippen LogP contribution >= 0.6 is 11.6 Å². The fourth-order valence-electron chi connectivity index (χ4n) is 1.86. The summed E-state index contributed by atoms with van der Waals surface area (Å²) in [7, 11) is 0. The first kappa shape index (κ1) is 13.4. The quantitative estimate of drug-likeness (QED) is 0.834. The van der Waals surface area contributed by atoms with E-state index in [-0.39, 0.29) is 12.2 Å². The van der Waals surface area contributed by atoms with Gasteiger partial charge in [0.25, 0.3) is 0 Å². The zero-order valence-electron chi connectivity index (χ0n) is 10.2. The highest BCUT2D eigenvalue weighted by Crippen LogP contribution is 2.22. The van der Waals surface area contributed by atoms with E-state index < -0.39 is 5.92 Å². The van der Waals surface area contributed by atoms with Crippen LogP contribution in [0.3, 0.4) is 0 Å². The van der Waals surface area contributed by atoms with E-state index in [1.54, 1.807) is 36.6 Å². The Morgan fingerprint density at radius 2 is 2.21 bits per heavy atom. The number of nitrogens with zero attached hydrogens (tertiary/aromatic N) is 1. The molecule has 1 atom stereocenters. The molecule has 1 aromatic heterocycles. The maximum Gasteiger partial charge on any atom is 0.154 e. The molecular formula is C15H12ClNO2. The minimum absolute atomic E-state index is 0.124. The van der Waals surface area contributed by atoms with Gasteiger partial charge in [-0.25, -0.2) is 0 Å². The summed E-state index contributed by atoms with van der Waals surface area (Å²) in [6.07, 6.45) is 2.35. The highest BCUT2D eigenvalue weighted by molar-refractivity contribution is 6.30. The van der Waals surface area contributed by atoms with Crippen molar-refractivity contribution < 1.29 is 9.21 Å². The number of hydrogen-bond donors (Lipinski definition) is 0. The number of rotatable bonds is 5. The predicted molar refractivity (Wildman–Crippen MR) is 71.8 cm³/mol. The Bertz CT molecular complexity index is 599. The van der Waals surface area contributed by atoms with Gasteiger partial charge in [0.2, 0.25) is 0 Å². The molecule has 0 saturated heterocycles. The Hall–Kier alpha value is -2.05. The maximum absolute atomic E-state index is 12.1. The van der Waals surface area contributed by atoms with E-state index in [0.717, 1.165) is 5.76 Å². The number of carbonyl (C=O) groups is 1. The Balaban J connectivity index is 2.05. The van der Waals surface area contributed by atoms with E-state index in [1.807, 2.05) is 12.1 Å². The number of Topliss-reactive ketones (excluding diaryl/α,β-unsaturated/α-hetero) is 1. The lowest BCUT2D eigenvalue weighted by molar-refractivity contribution is -0.119. The lowest BCUT2D eigenvalue weighted by atomic mass is 9.93. The van der Waals surface area contributed by atoms with Crippen molar-refractivity contribution in [2.45, 2.75) is 18.8 Å². The summed E-state index contributed by atoms with van der Waals surface area (Å²) >= 11 is 5.87. The molecule has 1 unspecified atom stereocenters. The molecule has 0 radical (unpaired) electrons. The van der Waals surface area contributed by atoms with E-state index in [9.17, 15) is 4.79 Å². The van der Waals surface area contributed by atoms with Crippen LogP contribution in [0.2, 0.25) is 5.02 Å². The van der Waals surface area contributed by atoms with Crippen LogP contribution in [-0.2, 0) is 11.2 Å². The maximum atomic E-state index is 12.1. The zero-order chi connectivity index (χ0) is 13.7. The number of ketones is 1. The summed E-state index contributed by atoms with van der Waals surface area (Å²) in [4.78, 5) is 12.1. The lowest BCUT2D eigenvalue weighted by Gasteiger charge is -2.08. The lowest BCUT2D eigenvalue weighted by Crippen LogP contribution is -2.11. The van der Waals surface area contributed by atoms with Crippen LogP contribution in [0.4, 0.5) is 0 Å². The van der Waals surface area contributed by atoms with Crippen LogP contribution < -0.4 is 0 Å². The Morgan fingerprint density at radius 3 is 2.84 bits per heavy atom. The first-order chi connectivity index (χ1) is 9.20. The number of furan rings is 1. The minimum Gasteiger partial charge on any atom is -0.469 e. The number of carbonyl (C=O) groups excluding carboxylic acids is 1. The highest BCUT2D eigenvalue weighted by atomic mass is 35.5. The van der Waals surface area contributed by atoms with Crippen molar-refractivity contribution in [3.8, 4) is 6.07 Å². The largest absolute Gasteiger partial charge is 0.469 e. The van der Waals surface area contributed by atoms with Gasteiger partial charge in [0, 0.05) is 17.9 Å². The van der Waals surface area contributed by atoms with E-state index >= 15 is 0 Å². The van der Waals surface area contributed by atoms with E-state index in [4.69, 9.17) is 21.3 Å². The first-order valence-electron chi connectivity index (χ1n) is 5.91. The van der Waals surface area contributed by atoms with E-state index in [1.165, 1.54) is 0 Å². The SMILES string of the molecule is N#CC(C(=O)CCc1ccco1)c1cccc(Cl)c1. The molecule has 0 aliphatic carbocycles. The van der Waals surface area contributed by atoms with Gasteiger partial charge in [-0.05, 0) is 29.8 Å². The number of aryl methyl sites for hydroxylation is 1. The molecule has 0 aliphatic heterocycles. The molecule has 2 aromatic rings. The van der Waals surface area contributed by atoms with E-state index in [0.29, 0.717) is 17.0 Å². The molecule has 3 nitrogen and oxygen atoms in total. The third kappa shape index (κ3) is 3.46. The summed E-state index contributed by atoms with van der Waals surface area (Å²) in [5.41, 5.74) is 0.638. The minimum atomic E-state index is -0.770.